The molecule has 2 aromatic rings. The number of aryl methyl sites for hydroxylation is 1. The highest BCUT2D eigenvalue weighted by Crippen LogP contribution is 2.38. The topological polar surface area (TPSA) is 84.4 Å². The van der Waals surface area contributed by atoms with Gasteiger partial charge in [0.05, 0.1) is 30.5 Å². The van der Waals surface area contributed by atoms with E-state index in [2.05, 4.69) is 50.8 Å². The van der Waals surface area contributed by atoms with E-state index >= 15 is 0 Å². The fraction of sp³-hybridized carbons (Fsp3) is 0.538. The number of nitrogens with two attached hydrogens (primary N) is 1. The van der Waals surface area contributed by atoms with Gasteiger partial charge in [0.15, 0.2) is 0 Å². The Balaban J connectivity index is 1.66. The van der Waals surface area contributed by atoms with Gasteiger partial charge in [0.2, 0.25) is 0 Å². The van der Waals surface area contributed by atoms with Crippen LogP contribution in [0.5, 0.6) is 0 Å². The number of ether oxygens (including phenoxy) is 2. The van der Waals surface area contributed by atoms with Gasteiger partial charge < -0.3 is 20.1 Å². The number of hydrogen-bond donors (Lipinski definition) is 1. The number of nitriles is 1. The summed E-state index contributed by atoms with van der Waals surface area (Å²) in [4.78, 5) is 7.40. The van der Waals surface area contributed by atoms with Crippen molar-refractivity contribution in [1.29, 1.82) is 5.26 Å². The molecule has 0 saturated carbocycles. The molecule has 1 saturated heterocycles. The van der Waals surface area contributed by atoms with Gasteiger partial charge in [-0.15, -0.1) is 11.8 Å². The molecule has 2 aliphatic rings. The van der Waals surface area contributed by atoms with Crippen LogP contribution in [0, 0.1) is 17.2 Å². The quantitative estimate of drug-likeness (QED) is 0.493. The molecule has 2 N–H and O–H groups in total. The SMILES string of the molecule is CC1CN(c2nc(SCCc3ccc(N)cc3)c(C#N)c3c2COC(C(C)C)C3)CC(C)O1. The molecule has 3 atom stereocenters. The van der Waals surface area contributed by atoms with Crippen LogP contribution in [0.25, 0.3) is 0 Å². The molecule has 0 amide bonds. The smallest absolute Gasteiger partial charge is 0.135 e. The summed E-state index contributed by atoms with van der Waals surface area (Å²) in [6.45, 7) is 10.6. The summed E-state index contributed by atoms with van der Waals surface area (Å²) in [7, 11) is 0. The number of nitrogen functional groups attached to an aromatic ring is 1. The van der Waals surface area contributed by atoms with Gasteiger partial charge in [0, 0.05) is 36.5 Å². The van der Waals surface area contributed by atoms with E-state index in [4.69, 9.17) is 20.2 Å². The third-order valence-corrected chi connectivity index (χ3v) is 7.37. The highest BCUT2D eigenvalue weighted by molar-refractivity contribution is 7.99. The molecule has 0 aliphatic carbocycles. The number of hydrogen-bond acceptors (Lipinski definition) is 7. The minimum Gasteiger partial charge on any atom is -0.399 e. The molecule has 0 spiro atoms. The molecule has 1 fully saturated rings. The average molecular weight is 467 g/mol. The van der Waals surface area contributed by atoms with Crippen LogP contribution in [0.4, 0.5) is 11.5 Å². The molecule has 7 heteroatoms. The Labute approximate surface area is 201 Å². The van der Waals surface area contributed by atoms with Gasteiger partial charge in [0.25, 0.3) is 0 Å². The first-order chi connectivity index (χ1) is 15.9. The molecule has 0 bridgehead atoms. The summed E-state index contributed by atoms with van der Waals surface area (Å²) < 4.78 is 12.2. The number of nitrogens with zero attached hydrogens (tertiary/aromatic N) is 3. The summed E-state index contributed by atoms with van der Waals surface area (Å²) in [6, 6.07) is 10.5. The molecule has 33 heavy (non-hydrogen) atoms. The predicted molar refractivity (Wildman–Crippen MR) is 134 cm³/mol. The number of pyridine rings is 1. The van der Waals surface area contributed by atoms with E-state index in [1.165, 1.54) is 5.56 Å². The van der Waals surface area contributed by atoms with Crippen LogP contribution in [0.1, 0.15) is 49.9 Å². The number of aromatic nitrogens is 1. The van der Waals surface area contributed by atoms with E-state index in [0.717, 1.165) is 64.9 Å². The normalized spacial score (nSPS) is 22.8. The second-order valence-electron chi connectivity index (χ2n) is 9.48. The fourth-order valence-corrected chi connectivity index (χ4v) is 5.67. The first kappa shape index (κ1) is 23.9. The maximum atomic E-state index is 10.1. The zero-order valence-corrected chi connectivity index (χ0v) is 20.8. The molecule has 176 valence electrons. The first-order valence-electron chi connectivity index (χ1n) is 11.8. The molecular formula is C26H34N4O2S. The lowest BCUT2D eigenvalue weighted by atomic mass is 9.91. The van der Waals surface area contributed by atoms with Gasteiger partial charge in [0.1, 0.15) is 16.9 Å². The Bertz CT molecular complexity index is 1010. The van der Waals surface area contributed by atoms with Crippen molar-refractivity contribution in [2.45, 2.75) is 70.5 Å². The van der Waals surface area contributed by atoms with Crippen molar-refractivity contribution in [2.24, 2.45) is 5.92 Å². The Morgan fingerprint density at radius 1 is 1.18 bits per heavy atom. The van der Waals surface area contributed by atoms with E-state index < -0.39 is 0 Å². The zero-order valence-electron chi connectivity index (χ0n) is 20.0. The maximum absolute atomic E-state index is 10.1. The van der Waals surface area contributed by atoms with Crippen molar-refractivity contribution < 1.29 is 9.47 Å². The number of morpholine rings is 1. The molecule has 4 rings (SSSR count). The third kappa shape index (κ3) is 5.46. The second kappa shape index (κ2) is 10.3. The first-order valence-corrected chi connectivity index (χ1v) is 12.8. The summed E-state index contributed by atoms with van der Waals surface area (Å²) in [5.74, 6) is 2.21. The van der Waals surface area contributed by atoms with E-state index in [1.54, 1.807) is 11.8 Å². The summed E-state index contributed by atoms with van der Waals surface area (Å²) in [6.07, 6.45) is 2.04. The van der Waals surface area contributed by atoms with Crippen LogP contribution in [0.15, 0.2) is 29.3 Å². The molecule has 1 aromatic heterocycles. The molecule has 0 radical (unpaired) electrons. The number of anilines is 2. The van der Waals surface area contributed by atoms with Gasteiger partial charge in [-0.05, 0) is 49.4 Å². The van der Waals surface area contributed by atoms with Crippen LogP contribution in [0.3, 0.4) is 0 Å². The van der Waals surface area contributed by atoms with E-state index in [1.807, 2.05) is 12.1 Å². The molecule has 1 aromatic carbocycles. The van der Waals surface area contributed by atoms with Crippen molar-refractivity contribution in [3.8, 4) is 6.07 Å². The Hall–Kier alpha value is -2.27. The second-order valence-corrected chi connectivity index (χ2v) is 10.6. The predicted octanol–water partition coefficient (Wildman–Crippen LogP) is 4.58. The monoisotopic (exact) mass is 466 g/mol. The molecule has 6 nitrogen and oxygen atoms in total. The number of benzene rings is 1. The highest BCUT2D eigenvalue weighted by Gasteiger charge is 2.33. The zero-order chi connectivity index (χ0) is 23.5. The fourth-order valence-electron chi connectivity index (χ4n) is 4.67. The van der Waals surface area contributed by atoms with Gasteiger partial charge >= 0.3 is 0 Å². The lowest BCUT2D eigenvalue weighted by molar-refractivity contribution is -0.00820. The number of rotatable bonds is 6. The summed E-state index contributed by atoms with van der Waals surface area (Å²) in [5.41, 5.74) is 10.7. The van der Waals surface area contributed by atoms with Gasteiger partial charge in [-0.3, -0.25) is 0 Å². The highest BCUT2D eigenvalue weighted by atomic mass is 32.2. The van der Waals surface area contributed by atoms with Crippen LogP contribution >= 0.6 is 11.8 Å². The Morgan fingerprint density at radius 3 is 2.52 bits per heavy atom. The van der Waals surface area contributed by atoms with Crippen molar-refractivity contribution in [3.63, 3.8) is 0 Å². The van der Waals surface area contributed by atoms with Crippen LogP contribution in [-0.2, 0) is 28.9 Å². The maximum Gasteiger partial charge on any atom is 0.135 e. The minimum absolute atomic E-state index is 0.120. The van der Waals surface area contributed by atoms with E-state index in [-0.39, 0.29) is 18.3 Å². The number of fused-ring (bicyclic) bond motifs is 1. The van der Waals surface area contributed by atoms with Crippen molar-refractivity contribution >= 4 is 23.3 Å². The third-order valence-electron chi connectivity index (χ3n) is 6.39. The lowest BCUT2D eigenvalue weighted by Crippen LogP contribution is -2.46. The van der Waals surface area contributed by atoms with Crippen molar-refractivity contribution in [3.05, 3.63) is 46.5 Å². The van der Waals surface area contributed by atoms with Crippen molar-refractivity contribution in [2.75, 3.05) is 29.5 Å². The molecule has 3 unspecified atom stereocenters. The van der Waals surface area contributed by atoms with Crippen LogP contribution in [-0.4, -0.2) is 42.1 Å². The molecule has 2 aliphatic heterocycles. The largest absolute Gasteiger partial charge is 0.399 e. The van der Waals surface area contributed by atoms with E-state index in [9.17, 15) is 5.26 Å². The summed E-state index contributed by atoms with van der Waals surface area (Å²) in [5, 5.41) is 11.0. The minimum atomic E-state index is 0.120. The Kier molecular flexibility index (Phi) is 7.48. The average Bonchev–Trinajstić information content (AvgIpc) is 2.78. The van der Waals surface area contributed by atoms with E-state index in [0.29, 0.717) is 12.5 Å². The van der Waals surface area contributed by atoms with Crippen LogP contribution < -0.4 is 10.6 Å². The van der Waals surface area contributed by atoms with Crippen molar-refractivity contribution in [1.82, 2.24) is 4.98 Å². The van der Waals surface area contributed by atoms with Gasteiger partial charge in [-0.25, -0.2) is 4.98 Å². The Morgan fingerprint density at radius 2 is 1.88 bits per heavy atom. The molecular weight excluding hydrogens is 432 g/mol. The summed E-state index contributed by atoms with van der Waals surface area (Å²) >= 11 is 1.67. The van der Waals surface area contributed by atoms with Crippen LogP contribution in [0.2, 0.25) is 0 Å². The molecule has 3 heterocycles. The lowest BCUT2D eigenvalue weighted by Gasteiger charge is -2.39. The number of thioether (sulfide) groups is 1. The van der Waals surface area contributed by atoms with Gasteiger partial charge in [-0.2, -0.15) is 5.26 Å². The van der Waals surface area contributed by atoms with Gasteiger partial charge in [-0.1, -0.05) is 26.0 Å². The standard InChI is InChI=1S/C26H34N4O2S/c1-16(2)24-11-21-22(12-27)26(33-10-9-19-5-7-20(28)8-6-19)29-25(23(21)15-31-24)30-13-17(3)32-18(4)14-30/h5-8,16-18,24H,9-11,13-15,28H2,1-4H3.